The first-order valence-corrected chi connectivity index (χ1v) is 15.8. The molecule has 3 aromatic carbocycles. The highest BCUT2D eigenvalue weighted by atomic mass is 35.5. The summed E-state index contributed by atoms with van der Waals surface area (Å²) in [5.74, 6) is -0.210. The number of amides is 2. The van der Waals surface area contributed by atoms with Crippen LogP contribution >= 0.6 is 11.6 Å². The van der Waals surface area contributed by atoms with E-state index in [0.29, 0.717) is 30.2 Å². The summed E-state index contributed by atoms with van der Waals surface area (Å²) in [7, 11) is -4.19. The lowest BCUT2D eigenvalue weighted by atomic mass is 10.1. The van der Waals surface area contributed by atoms with E-state index >= 15 is 0 Å². The molecule has 0 aliphatic rings. The lowest BCUT2D eigenvalue weighted by molar-refractivity contribution is -0.140. The standard InChI is InChI=1S/C32H40ClN3O5S/c1-6-29(31(38)34-32(3,4)5)35(22-21-24-11-9-8-10-12-24)30(37)23-36(26-15-17-27(18-16-26)41-7-2)42(39,40)28-19-13-25(33)14-20-28/h8-20,29H,6-7,21-23H2,1-5H3,(H,34,38)/t29-/m1/s1. The average Bonchev–Trinajstić information content (AvgIpc) is 2.94. The van der Waals surface area contributed by atoms with E-state index in [9.17, 15) is 18.0 Å². The lowest BCUT2D eigenvalue weighted by Gasteiger charge is -2.34. The number of nitrogens with one attached hydrogen (secondary N) is 1. The van der Waals surface area contributed by atoms with Crippen LogP contribution < -0.4 is 14.4 Å². The van der Waals surface area contributed by atoms with Crippen molar-refractivity contribution in [2.75, 3.05) is 24.0 Å². The molecule has 0 radical (unpaired) electrons. The number of hydrogen-bond acceptors (Lipinski definition) is 5. The second-order valence-electron chi connectivity index (χ2n) is 10.9. The monoisotopic (exact) mass is 613 g/mol. The van der Waals surface area contributed by atoms with Crippen LogP contribution in [-0.2, 0) is 26.0 Å². The summed E-state index contributed by atoms with van der Waals surface area (Å²) in [5.41, 5.74) is 0.778. The molecule has 0 aliphatic carbocycles. The molecule has 1 N–H and O–H groups in total. The highest BCUT2D eigenvalue weighted by Gasteiger charge is 2.34. The van der Waals surface area contributed by atoms with Gasteiger partial charge in [0.1, 0.15) is 18.3 Å². The molecule has 3 aromatic rings. The quantitative estimate of drug-likeness (QED) is 0.267. The fourth-order valence-corrected chi connectivity index (χ4v) is 6.03. The van der Waals surface area contributed by atoms with E-state index in [0.717, 1.165) is 9.87 Å². The van der Waals surface area contributed by atoms with E-state index in [1.165, 1.54) is 29.2 Å². The fourth-order valence-electron chi connectivity index (χ4n) is 4.49. The number of anilines is 1. The Balaban J connectivity index is 2.02. The molecule has 3 rings (SSSR count). The van der Waals surface area contributed by atoms with Gasteiger partial charge >= 0.3 is 0 Å². The summed E-state index contributed by atoms with van der Waals surface area (Å²) >= 11 is 6.02. The van der Waals surface area contributed by atoms with Crippen LogP contribution in [0.15, 0.2) is 83.8 Å². The molecule has 0 aliphatic heterocycles. The minimum atomic E-state index is -4.19. The first kappa shape index (κ1) is 32.9. The molecule has 1 atom stereocenters. The third-order valence-corrected chi connectivity index (χ3v) is 8.52. The third-order valence-electron chi connectivity index (χ3n) is 6.48. The van der Waals surface area contributed by atoms with Crippen molar-refractivity contribution in [3.63, 3.8) is 0 Å². The van der Waals surface area contributed by atoms with Crippen molar-refractivity contribution in [3.05, 3.63) is 89.4 Å². The zero-order valence-corrected chi connectivity index (χ0v) is 26.4. The summed E-state index contributed by atoms with van der Waals surface area (Å²) in [4.78, 5) is 29.0. The normalized spacial score (nSPS) is 12.3. The Labute approximate surface area is 254 Å². The number of hydrogen-bond donors (Lipinski definition) is 1. The summed E-state index contributed by atoms with van der Waals surface area (Å²) in [6.45, 7) is 9.50. The zero-order valence-electron chi connectivity index (χ0n) is 24.8. The van der Waals surface area contributed by atoms with Crippen LogP contribution in [-0.4, -0.2) is 56.4 Å². The fraction of sp³-hybridized carbons (Fsp3) is 0.375. The van der Waals surface area contributed by atoms with Gasteiger partial charge in [0, 0.05) is 17.1 Å². The van der Waals surface area contributed by atoms with Gasteiger partial charge in [-0.05, 0) is 94.6 Å². The van der Waals surface area contributed by atoms with Crippen molar-refractivity contribution in [3.8, 4) is 5.75 Å². The van der Waals surface area contributed by atoms with Crippen molar-refractivity contribution in [1.29, 1.82) is 0 Å². The lowest BCUT2D eigenvalue weighted by Crippen LogP contribution is -2.56. The molecule has 2 amide bonds. The molecule has 0 spiro atoms. The molecule has 42 heavy (non-hydrogen) atoms. The van der Waals surface area contributed by atoms with Gasteiger partial charge in [-0.1, -0.05) is 48.9 Å². The Morgan fingerprint density at radius 2 is 1.55 bits per heavy atom. The Hall–Kier alpha value is -3.56. The maximum atomic E-state index is 14.1. The van der Waals surface area contributed by atoms with Gasteiger partial charge in [0.05, 0.1) is 17.2 Å². The van der Waals surface area contributed by atoms with E-state index in [2.05, 4.69) is 5.32 Å². The van der Waals surface area contributed by atoms with E-state index in [4.69, 9.17) is 16.3 Å². The first-order valence-electron chi connectivity index (χ1n) is 14.0. The highest BCUT2D eigenvalue weighted by Crippen LogP contribution is 2.27. The molecule has 0 saturated carbocycles. The third kappa shape index (κ3) is 8.97. The highest BCUT2D eigenvalue weighted by molar-refractivity contribution is 7.92. The minimum absolute atomic E-state index is 0.0121. The number of rotatable bonds is 13. The van der Waals surface area contributed by atoms with Crippen LogP contribution in [0.1, 0.15) is 46.6 Å². The molecule has 0 unspecified atom stereocenters. The molecule has 10 heteroatoms. The predicted octanol–water partition coefficient (Wildman–Crippen LogP) is 5.70. The van der Waals surface area contributed by atoms with Crippen LogP contribution in [0.25, 0.3) is 0 Å². The van der Waals surface area contributed by atoms with E-state index in [1.807, 2.05) is 65.0 Å². The molecule has 0 heterocycles. The number of halogens is 1. The largest absolute Gasteiger partial charge is 0.494 e. The van der Waals surface area contributed by atoms with E-state index < -0.39 is 34.1 Å². The Bertz CT molecular complexity index is 1420. The van der Waals surface area contributed by atoms with Crippen molar-refractivity contribution in [2.24, 2.45) is 0 Å². The van der Waals surface area contributed by atoms with E-state index in [1.54, 1.807) is 24.3 Å². The molecule has 0 bridgehead atoms. The number of carbonyl (C=O) groups excluding carboxylic acids is 2. The van der Waals surface area contributed by atoms with Gasteiger partial charge in [-0.3, -0.25) is 13.9 Å². The first-order chi connectivity index (χ1) is 19.9. The van der Waals surface area contributed by atoms with Gasteiger partial charge in [0.2, 0.25) is 11.8 Å². The smallest absolute Gasteiger partial charge is 0.264 e. The summed E-state index contributed by atoms with van der Waals surface area (Å²) < 4.78 is 34.5. The Morgan fingerprint density at radius 1 is 0.929 bits per heavy atom. The second kappa shape index (κ2) is 14.6. The Morgan fingerprint density at radius 3 is 2.10 bits per heavy atom. The molecule has 0 saturated heterocycles. The number of ether oxygens (including phenoxy) is 1. The molecule has 226 valence electrons. The van der Waals surface area contributed by atoms with Crippen molar-refractivity contribution in [2.45, 2.75) is 63.9 Å². The summed E-state index contributed by atoms with van der Waals surface area (Å²) in [6.07, 6.45) is 0.855. The van der Waals surface area contributed by atoms with Gasteiger partial charge < -0.3 is 15.0 Å². The number of nitrogens with zero attached hydrogens (tertiary/aromatic N) is 2. The molecular formula is C32H40ClN3O5S. The van der Waals surface area contributed by atoms with Crippen molar-refractivity contribution >= 4 is 39.1 Å². The molecule has 8 nitrogen and oxygen atoms in total. The van der Waals surface area contributed by atoms with Crippen LogP contribution in [0, 0.1) is 0 Å². The minimum Gasteiger partial charge on any atom is -0.494 e. The molecule has 0 aromatic heterocycles. The van der Waals surface area contributed by atoms with Crippen LogP contribution in [0.2, 0.25) is 5.02 Å². The van der Waals surface area contributed by atoms with Gasteiger partial charge in [0.25, 0.3) is 10.0 Å². The zero-order chi connectivity index (χ0) is 30.9. The molecule has 0 fully saturated rings. The maximum Gasteiger partial charge on any atom is 0.264 e. The second-order valence-corrected chi connectivity index (χ2v) is 13.2. The Kier molecular flexibility index (Phi) is 11.4. The SMILES string of the molecule is CCOc1ccc(N(CC(=O)N(CCc2ccccc2)[C@H](CC)C(=O)NC(C)(C)C)S(=O)(=O)c2ccc(Cl)cc2)cc1. The predicted molar refractivity (Wildman–Crippen MR) is 167 cm³/mol. The summed E-state index contributed by atoms with van der Waals surface area (Å²) in [6, 6.07) is 21.2. The van der Waals surface area contributed by atoms with Gasteiger partial charge in [0.15, 0.2) is 0 Å². The van der Waals surface area contributed by atoms with Crippen molar-refractivity contribution in [1.82, 2.24) is 10.2 Å². The summed E-state index contributed by atoms with van der Waals surface area (Å²) in [5, 5.41) is 3.37. The van der Waals surface area contributed by atoms with Gasteiger partial charge in [-0.15, -0.1) is 0 Å². The van der Waals surface area contributed by atoms with Gasteiger partial charge in [-0.25, -0.2) is 8.42 Å². The van der Waals surface area contributed by atoms with Crippen LogP contribution in [0.3, 0.4) is 0 Å². The van der Waals surface area contributed by atoms with E-state index in [-0.39, 0.29) is 23.0 Å². The topological polar surface area (TPSA) is 96.0 Å². The van der Waals surface area contributed by atoms with Crippen molar-refractivity contribution < 1.29 is 22.7 Å². The average molecular weight is 614 g/mol. The maximum absolute atomic E-state index is 14.1. The van der Waals surface area contributed by atoms with Gasteiger partial charge in [-0.2, -0.15) is 0 Å². The van der Waals surface area contributed by atoms with Crippen LogP contribution in [0.4, 0.5) is 5.69 Å². The number of carbonyl (C=O) groups is 2. The van der Waals surface area contributed by atoms with Crippen LogP contribution in [0.5, 0.6) is 5.75 Å². The number of benzene rings is 3. The molecular weight excluding hydrogens is 574 g/mol. The number of sulfonamides is 1.